The minimum absolute atomic E-state index is 0.384. The van der Waals surface area contributed by atoms with Crippen LogP contribution in [0, 0.1) is 0 Å². The molecule has 1 aliphatic heterocycles. The molecule has 1 aromatic heterocycles. The summed E-state index contributed by atoms with van der Waals surface area (Å²) >= 11 is 0. The number of ether oxygens (including phenoxy) is 1. The SMILES string of the molecule is CCCCN=C1CCC(N)=NC=C1OCc1nn(C)c2ccccc12. The molecular formula is C19H25N5O. The Morgan fingerprint density at radius 3 is 2.96 bits per heavy atom. The molecule has 3 rings (SSSR count). The van der Waals surface area contributed by atoms with E-state index in [-0.39, 0.29) is 0 Å². The number of aromatic nitrogens is 2. The first-order valence-corrected chi connectivity index (χ1v) is 8.78. The lowest BCUT2D eigenvalue weighted by atomic mass is 10.2. The van der Waals surface area contributed by atoms with Crippen molar-refractivity contribution in [2.24, 2.45) is 22.8 Å². The van der Waals surface area contributed by atoms with Crippen LogP contribution in [0.1, 0.15) is 38.3 Å². The molecule has 2 heterocycles. The zero-order chi connectivity index (χ0) is 17.6. The lowest BCUT2D eigenvalue weighted by Gasteiger charge is -2.10. The second kappa shape index (κ2) is 7.96. The highest BCUT2D eigenvalue weighted by Crippen LogP contribution is 2.20. The molecule has 0 fully saturated rings. The standard InChI is InChI=1S/C19H25N5O/c1-3-4-11-21-15-9-10-19(20)22-12-18(15)25-13-16-14-7-5-6-8-17(14)24(2)23-16/h5-8,12H,3-4,9-11,13H2,1-2H3,(H2,20,22). The van der Waals surface area contributed by atoms with Gasteiger partial charge in [0.2, 0.25) is 0 Å². The van der Waals surface area contributed by atoms with Crippen molar-refractivity contribution in [3.63, 3.8) is 0 Å². The Kier molecular flexibility index (Phi) is 5.48. The van der Waals surface area contributed by atoms with Crippen molar-refractivity contribution in [1.29, 1.82) is 0 Å². The summed E-state index contributed by atoms with van der Waals surface area (Å²) in [6.45, 7) is 3.35. The number of benzene rings is 1. The van der Waals surface area contributed by atoms with Crippen LogP contribution in [-0.4, -0.2) is 27.9 Å². The van der Waals surface area contributed by atoms with Crippen molar-refractivity contribution in [3.8, 4) is 0 Å². The van der Waals surface area contributed by atoms with Crippen molar-refractivity contribution in [2.75, 3.05) is 6.54 Å². The van der Waals surface area contributed by atoms with Gasteiger partial charge in [-0.1, -0.05) is 31.5 Å². The number of fused-ring (bicyclic) bond motifs is 1. The first-order valence-electron chi connectivity index (χ1n) is 8.78. The molecule has 0 amide bonds. The molecule has 6 nitrogen and oxygen atoms in total. The maximum atomic E-state index is 6.05. The van der Waals surface area contributed by atoms with E-state index in [1.165, 1.54) is 0 Å². The van der Waals surface area contributed by atoms with E-state index in [9.17, 15) is 0 Å². The molecule has 0 radical (unpaired) electrons. The van der Waals surface area contributed by atoms with Gasteiger partial charge in [-0.2, -0.15) is 5.10 Å². The topological polar surface area (TPSA) is 77.8 Å². The Bertz CT molecular complexity index is 831. The van der Waals surface area contributed by atoms with Crippen LogP contribution in [0.25, 0.3) is 10.9 Å². The van der Waals surface area contributed by atoms with E-state index in [1.807, 2.05) is 23.9 Å². The summed E-state index contributed by atoms with van der Waals surface area (Å²) in [6.07, 6.45) is 5.35. The highest BCUT2D eigenvalue weighted by atomic mass is 16.5. The van der Waals surface area contributed by atoms with E-state index in [1.54, 1.807) is 6.20 Å². The number of nitrogens with two attached hydrogens (primary N) is 1. The largest absolute Gasteiger partial charge is 0.484 e. The number of allylic oxidation sites excluding steroid dienone is 1. The third-order valence-electron chi connectivity index (χ3n) is 4.26. The number of aliphatic imine (C=N–C) groups is 2. The molecule has 132 valence electrons. The number of rotatable bonds is 6. The number of aryl methyl sites for hydroxylation is 1. The fourth-order valence-corrected chi connectivity index (χ4v) is 2.84. The van der Waals surface area contributed by atoms with Crippen LogP contribution < -0.4 is 5.73 Å². The van der Waals surface area contributed by atoms with E-state index in [0.29, 0.717) is 24.6 Å². The molecule has 0 saturated heterocycles. The molecule has 2 aromatic rings. The third kappa shape index (κ3) is 4.07. The van der Waals surface area contributed by atoms with Gasteiger partial charge in [0.05, 0.1) is 23.3 Å². The molecular weight excluding hydrogens is 314 g/mol. The quantitative estimate of drug-likeness (QED) is 0.820. The van der Waals surface area contributed by atoms with Crippen LogP contribution in [0.15, 0.2) is 46.2 Å². The van der Waals surface area contributed by atoms with E-state index >= 15 is 0 Å². The summed E-state index contributed by atoms with van der Waals surface area (Å²) in [7, 11) is 1.94. The Labute approximate surface area is 148 Å². The first-order chi connectivity index (χ1) is 12.2. The number of unbranched alkanes of at least 4 members (excludes halogenated alkanes) is 1. The molecule has 0 atom stereocenters. The number of nitrogens with zero attached hydrogens (tertiary/aromatic N) is 4. The first kappa shape index (κ1) is 17.2. The second-order valence-corrected chi connectivity index (χ2v) is 6.17. The third-order valence-corrected chi connectivity index (χ3v) is 4.26. The van der Waals surface area contributed by atoms with Gasteiger partial charge in [0.15, 0.2) is 5.76 Å². The van der Waals surface area contributed by atoms with Crippen LogP contribution in [-0.2, 0) is 18.4 Å². The molecule has 1 aliphatic rings. The van der Waals surface area contributed by atoms with Crippen LogP contribution in [0.3, 0.4) is 0 Å². The monoisotopic (exact) mass is 339 g/mol. The van der Waals surface area contributed by atoms with Gasteiger partial charge in [-0.3, -0.25) is 9.67 Å². The highest BCUT2D eigenvalue weighted by Gasteiger charge is 2.15. The van der Waals surface area contributed by atoms with E-state index < -0.39 is 0 Å². The summed E-state index contributed by atoms with van der Waals surface area (Å²) in [4.78, 5) is 8.96. The molecule has 0 saturated carbocycles. The van der Waals surface area contributed by atoms with Crippen molar-refractivity contribution < 1.29 is 4.74 Å². The fraction of sp³-hybridized carbons (Fsp3) is 0.421. The molecule has 0 bridgehead atoms. The summed E-state index contributed by atoms with van der Waals surface area (Å²) in [5, 5.41) is 5.68. The Morgan fingerprint density at radius 2 is 2.12 bits per heavy atom. The molecule has 0 unspecified atom stereocenters. The minimum atomic E-state index is 0.384. The van der Waals surface area contributed by atoms with Gasteiger partial charge in [-0.15, -0.1) is 0 Å². The number of hydrogen-bond donors (Lipinski definition) is 1. The Morgan fingerprint density at radius 1 is 1.28 bits per heavy atom. The molecule has 2 N–H and O–H groups in total. The fourth-order valence-electron chi connectivity index (χ4n) is 2.84. The summed E-state index contributed by atoms with van der Waals surface area (Å²) in [6, 6.07) is 8.15. The maximum Gasteiger partial charge on any atom is 0.159 e. The summed E-state index contributed by atoms with van der Waals surface area (Å²) in [5.41, 5.74) is 8.82. The predicted molar refractivity (Wildman–Crippen MR) is 102 cm³/mol. The average molecular weight is 339 g/mol. The van der Waals surface area contributed by atoms with Crippen LogP contribution in [0.2, 0.25) is 0 Å². The Balaban J connectivity index is 1.79. The predicted octanol–water partition coefficient (Wildman–Crippen LogP) is 3.32. The summed E-state index contributed by atoms with van der Waals surface area (Å²) in [5.74, 6) is 1.32. The van der Waals surface area contributed by atoms with Crippen molar-refractivity contribution >= 4 is 22.5 Å². The second-order valence-electron chi connectivity index (χ2n) is 6.17. The Hall–Kier alpha value is -2.63. The molecule has 1 aromatic carbocycles. The zero-order valence-electron chi connectivity index (χ0n) is 14.9. The average Bonchev–Trinajstić information content (AvgIpc) is 2.83. The van der Waals surface area contributed by atoms with Gasteiger partial charge < -0.3 is 10.5 Å². The zero-order valence-corrected chi connectivity index (χ0v) is 14.9. The van der Waals surface area contributed by atoms with Gasteiger partial charge in [-0.25, -0.2) is 4.99 Å². The molecule has 0 spiro atoms. The van der Waals surface area contributed by atoms with Gasteiger partial charge in [0.1, 0.15) is 12.3 Å². The van der Waals surface area contributed by atoms with Crippen LogP contribution in [0.4, 0.5) is 0 Å². The van der Waals surface area contributed by atoms with Crippen LogP contribution >= 0.6 is 0 Å². The van der Waals surface area contributed by atoms with Crippen molar-refractivity contribution in [3.05, 3.63) is 41.9 Å². The van der Waals surface area contributed by atoms with Gasteiger partial charge >= 0.3 is 0 Å². The van der Waals surface area contributed by atoms with E-state index in [0.717, 1.165) is 48.1 Å². The number of para-hydroxylation sites is 1. The lowest BCUT2D eigenvalue weighted by molar-refractivity contribution is 0.213. The van der Waals surface area contributed by atoms with Gasteiger partial charge in [0.25, 0.3) is 0 Å². The van der Waals surface area contributed by atoms with Crippen molar-refractivity contribution in [2.45, 2.75) is 39.2 Å². The van der Waals surface area contributed by atoms with E-state index in [2.05, 4.69) is 29.1 Å². The van der Waals surface area contributed by atoms with Gasteiger partial charge in [-0.05, 0) is 18.9 Å². The highest BCUT2D eigenvalue weighted by molar-refractivity contribution is 6.02. The normalized spacial score (nSPS) is 16.6. The molecule has 6 heteroatoms. The number of amidine groups is 1. The minimum Gasteiger partial charge on any atom is -0.484 e. The summed E-state index contributed by atoms with van der Waals surface area (Å²) < 4.78 is 7.93. The smallest absolute Gasteiger partial charge is 0.159 e. The van der Waals surface area contributed by atoms with Gasteiger partial charge in [0, 0.05) is 25.4 Å². The molecule has 0 aliphatic carbocycles. The molecule has 25 heavy (non-hydrogen) atoms. The van der Waals surface area contributed by atoms with E-state index in [4.69, 9.17) is 15.5 Å². The maximum absolute atomic E-state index is 6.05. The lowest BCUT2D eigenvalue weighted by Crippen LogP contribution is -2.12. The van der Waals surface area contributed by atoms with Crippen LogP contribution in [0.5, 0.6) is 0 Å². The number of hydrogen-bond acceptors (Lipinski definition) is 5. The van der Waals surface area contributed by atoms with Crippen molar-refractivity contribution in [1.82, 2.24) is 9.78 Å².